The van der Waals surface area contributed by atoms with Crippen LogP contribution in [0.1, 0.15) is 35.2 Å². The molecule has 2 aromatic carbocycles. The van der Waals surface area contributed by atoms with Gasteiger partial charge in [-0.2, -0.15) is 0 Å². The highest BCUT2D eigenvalue weighted by atomic mass is 16.1. The summed E-state index contributed by atoms with van der Waals surface area (Å²) in [6.07, 6.45) is 1.14. The van der Waals surface area contributed by atoms with E-state index < -0.39 is 0 Å². The number of amides is 1. The SMILES string of the molecule is CCNC(=NCCNC(=O)c1ccccc1)N1CCC(c2ccccc2)C1. The Morgan fingerprint density at radius 3 is 2.48 bits per heavy atom. The smallest absolute Gasteiger partial charge is 0.251 e. The minimum Gasteiger partial charge on any atom is -0.357 e. The van der Waals surface area contributed by atoms with E-state index in [1.807, 2.05) is 30.3 Å². The van der Waals surface area contributed by atoms with E-state index in [2.05, 4.69) is 52.8 Å². The molecule has 0 aromatic heterocycles. The fourth-order valence-electron chi connectivity index (χ4n) is 3.40. The molecule has 1 heterocycles. The molecule has 2 N–H and O–H groups in total. The third-order valence-electron chi connectivity index (χ3n) is 4.79. The molecule has 0 saturated carbocycles. The maximum absolute atomic E-state index is 12.1. The molecule has 1 amide bonds. The fourth-order valence-corrected chi connectivity index (χ4v) is 3.40. The number of carbonyl (C=O) groups excluding carboxylic acids is 1. The first-order valence-electron chi connectivity index (χ1n) is 9.69. The molecule has 0 radical (unpaired) electrons. The van der Waals surface area contributed by atoms with E-state index in [1.165, 1.54) is 5.56 Å². The number of hydrogen-bond donors (Lipinski definition) is 2. The van der Waals surface area contributed by atoms with Crippen LogP contribution in [0.15, 0.2) is 65.7 Å². The highest BCUT2D eigenvalue weighted by Crippen LogP contribution is 2.26. The molecule has 1 unspecified atom stereocenters. The number of aliphatic imine (C=N–C) groups is 1. The molecule has 3 rings (SSSR count). The van der Waals surface area contributed by atoms with Gasteiger partial charge in [0, 0.05) is 37.7 Å². The fraction of sp³-hybridized carbons (Fsp3) is 0.364. The monoisotopic (exact) mass is 364 g/mol. The molecule has 0 aliphatic carbocycles. The quantitative estimate of drug-likeness (QED) is 0.471. The second-order valence-corrected chi connectivity index (χ2v) is 6.70. The van der Waals surface area contributed by atoms with E-state index in [0.717, 1.165) is 32.0 Å². The van der Waals surface area contributed by atoms with Crippen molar-refractivity contribution in [2.45, 2.75) is 19.3 Å². The van der Waals surface area contributed by atoms with Crippen LogP contribution in [0.3, 0.4) is 0 Å². The molecule has 1 aliphatic heterocycles. The Hall–Kier alpha value is -2.82. The first-order valence-corrected chi connectivity index (χ1v) is 9.69. The van der Waals surface area contributed by atoms with Crippen LogP contribution in [0.25, 0.3) is 0 Å². The molecule has 5 nitrogen and oxygen atoms in total. The summed E-state index contributed by atoms with van der Waals surface area (Å²) in [4.78, 5) is 19.1. The van der Waals surface area contributed by atoms with Crippen LogP contribution in [0.4, 0.5) is 0 Å². The van der Waals surface area contributed by atoms with Crippen LogP contribution in [-0.4, -0.2) is 49.5 Å². The zero-order valence-corrected chi connectivity index (χ0v) is 15.9. The summed E-state index contributed by atoms with van der Waals surface area (Å²) in [5.74, 6) is 1.43. The van der Waals surface area contributed by atoms with Crippen molar-refractivity contribution in [3.63, 3.8) is 0 Å². The molecule has 0 spiro atoms. The van der Waals surface area contributed by atoms with E-state index >= 15 is 0 Å². The zero-order valence-electron chi connectivity index (χ0n) is 15.9. The van der Waals surface area contributed by atoms with E-state index in [0.29, 0.717) is 24.6 Å². The van der Waals surface area contributed by atoms with Gasteiger partial charge in [0.15, 0.2) is 5.96 Å². The Labute approximate surface area is 161 Å². The Morgan fingerprint density at radius 1 is 1.07 bits per heavy atom. The van der Waals surface area contributed by atoms with Gasteiger partial charge in [-0.15, -0.1) is 0 Å². The van der Waals surface area contributed by atoms with E-state index in [1.54, 1.807) is 0 Å². The van der Waals surface area contributed by atoms with Gasteiger partial charge in [0.1, 0.15) is 0 Å². The average Bonchev–Trinajstić information content (AvgIpc) is 3.21. The van der Waals surface area contributed by atoms with Gasteiger partial charge >= 0.3 is 0 Å². The predicted molar refractivity (Wildman–Crippen MR) is 110 cm³/mol. The standard InChI is InChI=1S/C22H28N4O/c1-2-23-22(25-15-14-24-21(27)19-11-7-4-8-12-19)26-16-13-20(17-26)18-9-5-3-6-10-18/h3-12,20H,2,13-17H2,1H3,(H,23,25)(H,24,27). The van der Waals surface area contributed by atoms with Gasteiger partial charge in [0.2, 0.25) is 0 Å². The molecule has 142 valence electrons. The lowest BCUT2D eigenvalue weighted by atomic mass is 9.99. The summed E-state index contributed by atoms with van der Waals surface area (Å²) in [5.41, 5.74) is 2.07. The molecular formula is C22H28N4O. The van der Waals surface area contributed by atoms with Crippen molar-refractivity contribution in [3.05, 3.63) is 71.8 Å². The Balaban J connectivity index is 1.52. The second-order valence-electron chi connectivity index (χ2n) is 6.70. The lowest BCUT2D eigenvalue weighted by Crippen LogP contribution is -2.40. The van der Waals surface area contributed by atoms with Crippen LogP contribution in [-0.2, 0) is 0 Å². The van der Waals surface area contributed by atoms with Gasteiger partial charge in [-0.25, -0.2) is 0 Å². The van der Waals surface area contributed by atoms with E-state index in [4.69, 9.17) is 4.99 Å². The van der Waals surface area contributed by atoms with Crippen LogP contribution in [0.2, 0.25) is 0 Å². The second kappa shape index (κ2) is 9.76. The van der Waals surface area contributed by atoms with Gasteiger partial charge in [-0.3, -0.25) is 9.79 Å². The van der Waals surface area contributed by atoms with E-state index in [9.17, 15) is 4.79 Å². The minimum absolute atomic E-state index is 0.0545. The highest BCUT2D eigenvalue weighted by molar-refractivity contribution is 5.94. The summed E-state index contributed by atoms with van der Waals surface area (Å²) in [5, 5.41) is 6.31. The number of benzene rings is 2. The number of likely N-dealkylation sites (tertiary alicyclic amines) is 1. The van der Waals surface area contributed by atoms with Crippen molar-refractivity contribution in [1.82, 2.24) is 15.5 Å². The topological polar surface area (TPSA) is 56.7 Å². The predicted octanol–water partition coefficient (Wildman–Crippen LogP) is 2.87. The maximum Gasteiger partial charge on any atom is 0.251 e. The third kappa shape index (κ3) is 5.33. The normalized spacial score (nSPS) is 17.0. The Bertz CT molecular complexity index is 745. The Morgan fingerprint density at radius 2 is 1.78 bits per heavy atom. The molecule has 0 bridgehead atoms. The zero-order chi connectivity index (χ0) is 18.9. The minimum atomic E-state index is -0.0545. The largest absolute Gasteiger partial charge is 0.357 e. The molecule has 1 saturated heterocycles. The number of nitrogens with zero attached hydrogens (tertiary/aromatic N) is 2. The lowest BCUT2D eigenvalue weighted by Gasteiger charge is -2.21. The Kier molecular flexibility index (Phi) is 6.85. The molecule has 5 heteroatoms. The molecular weight excluding hydrogens is 336 g/mol. The summed E-state index contributed by atoms with van der Waals surface area (Å²) in [6, 6.07) is 20.0. The maximum atomic E-state index is 12.1. The lowest BCUT2D eigenvalue weighted by molar-refractivity contribution is 0.0955. The van der Waals surface area contributed by atoms with Crippen LogP contribution < -0.4 is 10.6 Å². The van der Waals surface area contributed by atoms with Crippen molar-refractivity contribution in [2.75, 3.05) is 32.7 Å². The molecule has 27 heavy (non-hydrogen) atoms. The van der Waals surface area contributed by atoms with Crippen LogP contribution in [0, 0.1) is 0 Å². The number of carbonyl (C=O) groups is 1. The first-order chi connectivity index (χ1) is 13.3. The molecule has 2 aromatic rings. The van der Waals surface area contributed by atoms with E-state index in [-0.39, 0.29) is 5.91 Å². The average molecular weight is 364 g/mol. The number of hydrogen-bond acceptors (Lipinski definition) is 2. The summed E-state index contributed by atoms with van der Waals surface area (Å²) < 4.78 is 0. The van der Waals surface area contributed by atoms with Gasteiger partial charge in [-0.05, 0) is 31.0 Å². The number of nitrogens with one attached hydrogen (secondary N) is 2. The summed E-state index contributed by atoms with van der Waals surface area (Å²) in [6.45, 7) is 5.99. The van der Waals surface area contributed by atoms with Gasteiger partial charge < -0.3 is 15.5 Å². The number of guanidine groups is 1. The van der Waals surface area contributed by atoms with Gasteiger partial charge in [0.05, 0.1) is 6.54 Å². The molecule has 1 fully saturated rings. The van der Waals surface area contributed by atoms with Gasteiger partial charge in [-0.1, -0.05) is 48.5 Å². The van der Waals surface area contributed by atoms with Crippen LogP contribution >= 0.6 is 0 Å². The van der Waals surface area contributed by atoms with Crippen molar-refractivity contribution in [3.8, 4) is 0 Å². The van der Waals surface area contributed by atoms with Crippen molar-refractivity contribution >= 4 is 11.9 Å². The van der Waals surface area contributed by atoms with Crippen LogP contribution in [0.5, 0.6) is 0 Å². The van der Waals surface area contributed by atoms with Crippen molar-refractivity contribution in [1.29, 1.82) is 0 Å². The summed E-state index contributed by atoms with van der Waals surface area (Å²) >= 11 is 0. The number of rotatable bonds is 6. The van der Waals surface area contributed by atoms with Crippen molar-refractivity contribution in [2.24, 2.45) is 4.99 Å². The highest BCUT2D eigenvalue weighted by Gasteiger charge is 2.25. The third-order valence-corrected chi connectivity index (χ3v) is 4.79. The van der Waals surface area contributed by atoms with Gasteiger partial charge in [0.25, 0.3) is 5.91 Å². The summed E-state index contributed by atoms with van der Waals surface area (Å²) in [7, 11) is 0. The van der Waals surface area contributed by atoms with Crippen molar-refractivity contribution < 1.29 is 4.79 Å². The first kappa shape index (κ1) is 19.0. The molecule has 1 atom stereocenters. The molecule has 1 aliphatic rings.